The molecule has 0 aliphatic carbocycles. The Kier molecular flexibility index (Phi) is 7.16. The van der Waals surface area contributed by atoms with Gasteiger partial charge in [-0.15, -0.1) is 0 Å². The van der Waals surface area contributed by atoms with Crippen molar-refractivity contribution in [2.24, 2.45) is 5.92 Å². The summed E-state index contributed by atoms with van der Waals surface area (Å²) in [6.07, 6.45) is -7.05. The van der Waals surface area contributed by atoms with Gasteiger partial charge in [-0.1, -0.05) is 0 Å². The van der Waals surface area contributed by atoms with E-state index in [9.17, 15) is 25.5 Å². The van der Waals surface area contributed by atoms with E-state index < -0.39 is 54.9 Å². The van der Waals surface area contributed by atoms with Gasteiger partial charge in [0.1, 0.15) is 24.4 Å². The lowest BCUT2D eigenvalue weighted by atomic mass is 9.84. The topological polar surface area (TPSA) is 140 Å². The quantitative estimate of drug-likeness (QED) is 0.315. The highest BCUT2D eigenvalue weighted by Crippen LogP contribution is 2.26. The van der Waals surface area contributed by atoms with Crippen LogP contribution in [-0.4, -0.2) is 86.3 Å². The van der Waals surface area contributed by atoms with Crippen LogP contribution in [0.25, 0.3) is 0 Å². The lowest BCUT2D eigenvalue weighted by molar-refractivity contribution is -0.302. The van der Waals surface area contributed by atoms with Crippen LogP contribution in [0.3, 0.4) is 0 Å². The molecule has 0 aromatic carbocycles. The van der Waals surface area contributed by atoms with Crippen molar-refractivity contribution >= 4 is 0 Å². The summed E-state index contributed by atoms with van der Waals surface area (Å²) in [7, 11) is 0. The van der Waals surface area contributed by atoms with Gasteiger partial charge in [0.05, 0.1) is 24.9 Å². The first-order valence-electron chi connectivity index (χ1n) is 7.42. The molecule has 0 spiro atoms. The Hall–Kier alpha value is -0.320. The van der Waals surface area contributed by atoms with Crippen LogP contribution in [0.4, 0.5) is 0 Å². The maximum Gasteiger partial charge on any atom is 0.186 e. The van der Waals surface area contributed by atoms with Gasteiger partial charge < -0.3 is 40.1 Å². The molecule has 8 nitrogen and oxygen atoms in total. The summed E-state index contributed by atoms with van der Waals surface area (Å²) in [4.78, 5) is 0. The highest BCUT2D eigenvalue weighted by molar-refractivity contribution is 4.89. The minimum atomic E-state index is -1.49. The first-order chi connectivity index (χ1) is 10.1. The zero-order valence-corrected chi connectivity index (χ0v) is 13.2. The van der Waals surface area contributed by atoms with Crippen molar-refractivity contribution in [1.82, 2.24) is 0 Å². The van der Waals surface area contributed by atoms with E-state index >= 15 is 0 Å². The molecule has 2 unspecified atom stereocenters. The Balaban J connectivity index is 2.56. The molecular formula is C14H28O8. The van der Waals surface area contributed by atoms with Crippen molar-refractivity contribution in [3.63, 3.8) is 0 Å². The SMILES string of the molecule is CC(O)C(CCO[C@@H]1O[C@H](CO)[C@@H](O)[C@H](O)[C@H]1O)C(C)(C)O. The molecule has 1 saturated heterocycles. The van der Waals surface area contributed by atoms with Crippen molar-refractivity contribution < 1.29 is 40.1 Å². The maximum atomic E-state index is 9.99. The van der Waals surface area contributed by atoms with Crippen molar-refractivity contribution in [2.45, 2.75) is 69.6 Å². The van der Waals surface area contributed by atoms with E-state index in [1.165, 1.54) is 0 Å². The van der Waals surface area contributed by atoms with Crippen molar-refractivity contribution in [3.8, 4) is 0 Å². The largest absolute Gasteiger partial charge is 0.394 e. The molecule has 1 heterocycles. The zero-order valence-electron chi connectivity index (χ0n) is 13.2. The molecule has 0 saturated carbocycles. The van der Waals surface area contributed by atoms with Gasteiger partial charge in [0.25, 0.3) is 0 Å². The summed E-state index contributed by atoms with van der Waals surface area (Å²) in [6.45, 7) is 4.26. The standard InChI is InChI=1S/C14H28O8/c1-7(16)8(14(2,3)20)4-5-21-13-12(19)11(18)10(17)9(6-15)22-13/h7-13,15-20H,4-6H2,1-3H3/t7?,8?,9-,10-,11+,12-,13-/m1/s1. The average Bonchev–Trinajstić information content (AvgIpc) is 2.41. The number of aliphatic hydroxyl groups is 6. The number of rotatable bonds is 7. The monoisotopic (exact) mass is 324 g/mol. The Morgan fingerprint density at radius 3 is 2.18 bits per heavy atom. The summed E-state index contributed by atoms with van der Waals surface area (Å²) in [5, 5.41) is 57.9. The van der Waals surface area contributed by atoms with Crippen molar-refractivity contribution in [2.75, 3.05) is 13.2 Å². The fourth-order valence-corrected chi connectivity index (χ4v) is 2.70. The number of ether oxygens (including phenoxy) is 2. The Morgan fingerprint density at radius 1 is 1.14 bits per heavy atom. The summed E-state index contributed by atoms with van der Waals surface area (Å²) in [6, 6.07) is 0. The van der Waals surface area contributed by atoms with Gasteiger partial charge in [-0.3, -0.25) is 0 Å². The molecule has 1 fully saturated rings. The van der Waals surface area contributed by atoms with Crippen LogP contribution in [0.1, 0.15) is 27.2 Å². The molecule has 22 heavy (non-hydrogen) atoms. The van der Waals surface area contributed by atoms with Crippen molar-refractivity contribution in [3.05, 3.63) is 0 Å². The van der Waals surface area contributed by atoms with Crippen molar-refractivity contribution in [1.29, 1.82) is 0 Å². The molecule has 1 aliphatic rings. The third-order valence-electron chi connectivity index (χ3n) is 4.05. The molecule has 6 N–H and O–H groups in total. The average molecular weight is 324 g/mol. The number of hydrogen-bond acceptors (Lipinski definition) is 8. The third kappa shape index (κ3) is 4.84. The van der Waals surface area contributed by atoms with Crippen LogP contribution in [0.5, 0.6) is 0 Å². The highest BCUT2D eigenvalue weighted by Gasteiger charge is 2.44. The van der Waals surface area contributed by atoms with Gasteiger partial charge >= 0.3 is 0 Å². The van der Waals surface area contributed by atoms with E-state index in [1.54, 1.807) is 20.8 Å². The van der Waals surface area contributed by atoms with E-state index in [2.05, 4.69) is 0 Å². The second-order valence-electron chi connectivity index (χ2n) is 6.36. The van der Waals surface area contributed by atoms with Gasteiger partial charge in [-0.25, -0.2) is 0 Å². The summed E-state index contributed by atoms with van der Waals surface area (Å²) < 4.78 is 10.5. The molecule has 0 aromatic heterocycles. The first-order valence-corrected chi connectivity index (χ1v) is 7.42. The Bertz CT molecular complexity index is 327. The summed E-state index contributed by atoms with van der Waals surface area (Å²) in [5.74, 6) is -0.447. The molecule has 132 valence electrons. The van der Waals surface area contributed by atoms with Crippen LogP contribution in [-0.2, 0) is 9.47 Å². The molecule has 8 heteroatoms. The van der Waals surface area contributed by atoms with Gasteiger partial charge in [-0.2, -0.15) is 0 Å². The maximum absolute atomic E-state index is 9.99. The van der Waals surface area contributed by atoms with Crippen LogP contribution in [0.15, 0.2) is 0 Å². The second kappa shape index (κ2) is 7.98. The van der Waals surface area contributed by atoms with E-state index in [0.717, 1.165) is 0 Å². The van der Waals surface area contributed by atoms with Gasteiger partial charge in [-0.05, 0) is 27.2 Å². The fraction of sp³-hybridized carbons (Fsp3) is 1.00. The van der Waals surface area contributed by atoms with Crippen LogP contribution >= 0.6 is 0 Å². The van der Waals surface area contributed by atoms with Gasteiger partial charge in [0, 0.05) is 5.92 Å². The summed E-state index contributed by atoms with van der Waals surface area (Å²) >= 11 is 0. The zero-order chi connectivity index (χ0) is 17.1. The lowest BCUT2D eigenvalue weighted by Gasteiger charge is -2.40. The minimum Gasteiger partial charge on any atom is -0.394 e. The van der Waals surface area contributed by atoms with E-state index in [4.69, 9.17) is 14.6 Å². The molecule has 0 radical (unpaired) electrons. The second-order valence-corrected chi connectivity index (χ2v) is 6.36. The molecule has 0 bridgehead atoms. The number of aliphatic hydroxyl groups excluding tert-OH is 5. The molecular weight excluding hydrogens is 296 g/mol. The highest BCUT2D eigenvalue weighted by atomic mass is 16.7. The molecule has 1 aliphatic heterocycles. The predicted octanol–water partition coefficient (Wildman–Crippen LogP) is -2.04. The van der Waals surface area contributed by atoms with Gasteiger partial charge in [0.15, 0.2) is 6.29 Å². The third-order valence-corrected chi connectivity index (χ3v) is 4.05. The minimum absolute atomic E-state index is 0.0578. The lowest BCUT2D eigenvalue weighted by Crippen LogP contribution is -2.59. The van der Waals surface area contributed by atoms with Crippen LogP contribution in [0.2, 0.25) is 0 Å². The van der Waals surface area contributed by atoms with E-state index in [-0.39, 0.29) is 6.61 Å². The molecule has 1 rings (SSSR count). The Morgan fingerprint density at radius 2 is 1.73 bits per heavy atom. The van der Waals surface area contributed by atoms with Crippen LogP contribution < -0.4 is 0 Å². The molecule has 0 amide bonds. The number of hydrogen-bond donors (Lipinski definition) is 6. The van der Waals surface area contributed by atoms with E-state index in [1.807, 2.05) is 0 Å². The molecule has 0 aromatic rings. The van der Waals surface area contributed by atoms with E-state index in [0.29, 0.717) is 6.42 Å². The van der Waals surface area contributed by atoms with Gasteiger partial charge in [0.2, 0.25) is 0 Å². The Labute approximate surface area is 129 Å². The smallest absolute Gasteiger partial charge is 0.186 e. The normalized spacial score (nSPS) is 36.1. The molecule has 7 atom stereocenters. The predicted molar refractivity (Wildman–Crippen MR) is 75.8 cm³/mol. The summed E-state index contributed by atoms with van der Waals surface area (Å²) in [5.41, 5.74) is -1.10. The fourth-order valence-electron chi connectivity index (χ4n) is 2.70. The van der Waals surface area contributed by atoms with Crippen LogP contribution in [0, 0.1) is 5.92 Å². The first kappa shape index (κ1) is 19.7.